The molecule has 0 saturated heterocycles. The normalized spacial score (nSPS) is 11.5. The molecule has 4 N–H and O–H groups in total. The summed E-state index contributed by atoms with van der Waals surface area (Å²) in [4.78, 5) is 12.4. The van der Waals surface area contributed by atoms with Gasteiger partial charge in [0.25, 0.3) is 15.9 Å². The highest BCUT2D eigenvalue weighted by atomic mass is 35.5. The Morgan fingerprint density at radius 2 is 1.61 bits per heavy atom. The van der Waals surface area contributed by atoms with Gasteiger partial charge in [0.1, 0.15) is 0 Å². The summed E-state index contributed by atoms with van der Waals surface area (Å²) in [6, 6.07) is 16.1. The molecule has 0 bridgehead atoms. The van der Waals surface area contributed by atoms with Crippen LogP contribution in [0.5, 0.6) is 0 Å². The van der Waals surface area contributed by atoms with Gasteiger partial charge < -0.3 is 15.5 Å². The second-order valence-corrected chi connectivity index (χ2v) is 9.72. The van der Waals surface area contributed by atoms with Crippen LogP contribution in [0.3, 0.4) is 0 Å². The minimum atomic E-state index is -3.82. The number of carbonyl (C=O) groups is 1. The van der Waals surface area contributed by atoms with Crippen molar-refractivity contribution < 1.29 is 23.4 Å². The summed E-state index contributed by atoms with van der Waals surface area (Å²) in [6.45, 7) is 2.71. The van der Waals surface area contributed by atoms with Gasteiger partial charge in [0.05, 0.1) is 24.2 Å². The Bertz CT molecular complexity index is 1260. The highest BCUT2D eigenvalue weighted by Gasteiger charge is 2.19. The van der Waals surface area contributed by atoms with Crippen LogP contribution in [0.2, 0.25) is 5.02 Å². The van der Waals surface area contributed by atoms with Gasteiger partial charge in [-0.05, 0) is 72.5 Å². The van der Waals surface area contributed by atoms with Crippen LogP contribution in [-0.2, 0) is 10.0 Å². The molecule has 0 aliphatic rings. The molecule has 174 valence electrons. The third-order valence-electron chi connectivity index (χ3n) is 5.12. The number of hydrogen-bond acceptors (Lipinski definition) is 5. The molecule has 9 heteroatoms. The molecule has 1 amide bonds. The first-order valence-electron chi connectivity index (χ1n) is 10.2. The van der Waals surface area contributed by atoms with Gasteiger partial charge in [-0.25, -0.2) is 8.42 Å². The maximum Gasteiger partial charge on any atom is 0.262 e. The monoisotopic (exact) mass is 488 g/mol. The van der Waals surface area contributed by atoms with Crippen LogP contribution in [0.1, 0.15) is 21.5 Å². The summed E-state index contributed by atoms with van der Waals surface area (Å²) >= 11 is 6.09. The van der Waals surface area contributed by atoms with Crippen molar-refractivity contribution in [2.45, 2.75) is 24.8 Å². The smallest absolute Gasteiger partial charge is 0.262 e. The molecule has 7 nitrogen and oxygen atoms in total. The third-order valence-corrected chi connectivity index (χ3v) is 7.05. The Hall–Kier alpha value is -2.91. The summed E-state index contributed by atoms with van der Waals surface area (Å²) < 4.78 is 28.5. The zero-order valence-corrected chi connectivity index (χ0v) is 19.7. The molecule has 33 heavy (non-hydrogen) atoms. The quantitative estimate of drug-likeness (QED) is 0.387. The van der Waals surface area contributed by atoms with E-state index < -0.39 is 22.0 Å². The molecule has 0 aliphatic carbocycles. The fourth-order valence-corrected chi connectivity index (χ4v) is 4.83. The maximum absolute atomic E-state index is 13.0. The number of rotatable bonds is 8. The molecule has 0 saturated carbocycles. The molecule has 0 heterocycles. The predicted molar refractivity (Wildman–Crippen MR) is 129 cm³/mol. The van der Waals surface area contributed by atoms with Crippen molar-refractivity contribution in [2.75, 3.05) is 17.9 Å². The first kappa shape index (κ1) is 24.7. The second-order valence-electron chi connectivity index (χ2n) is 7.67. The Morgan fingerprint density at radius 1 is 0.939 bits per heavy atom. The van der Waals surface area contributed by atoms with Crippen molar-refractivity contribution in [3.63, 3.8) is 0 Å². The van der Waals surface area contributed by atoms with Crippen molar-refractivity contribution in [3.05, 3.63) is 82.4 Å². The van der Waals surface area contributed by atoms with E-state index in [1.807, 2.05) is 6.07 Å². The van der Waals surface area contributed by atoms with E-state index in [1.165, 1.54) is 0 Å². The Morgan fingerprint density at radius 3 is 2.24 bits per heavy atom. The van der Waals surface area contributed by atoms with E-state index in [1.54, 1.807) is 68.4 Å². The Kier molecular flexibility index (Phi) is 7.76. The lowest BCUT2D eigenvalue weighted by Gasteiger charge is -2.14. The average molecular weight is 489 g/mol. The number of aryl methyl sites for hydroxylation is 2. The van der Waals surface area contributed by atoms with E-state index in [-0.39, 0.29) is 18.1 Å². The van der Waals surface area contributed by atoms with Crippen LogP contribution < -0.4 is 10.0 Å². The van der Waals surface area contributed by atoms with Crippen LogP contribution in [0.15, 0.2) is 65.6 Å². The molecule has 0 unspecified atom stereocenters. The number of halogens is 1. The summed E-state index contributed by atoms with van der Waals surface area (Å²) in [7, 11) is -3.82. The highest BCUT2D eigenvalue weighted by Crippen LogP contribution is 2.28. The second kappa shape index (κ2) is 10.4. The van der Waals surface area contributed by atoms with Crippen molar-refractivity contribution in [2.24, 2.45) is 0 Å². The van der Waals surface area contributed by atoms with Crippen molar-refractivity contribution in [1.29, 1.82) is 0 Å². The minimum Gasteiger partial charge on any atom is -0.394 e. The molecule has 0 fully saturated rings. The standard InChI is InChI=1S/C24H25ClN2O5S/c1-15-11-23(16(2)10-22(15)25)33(31,32)27-20-5-3-4-19(12-20)17-6-8-18(9-7-17)24(30)26-21(13-28)14-29/h3-12,21,27-29H,13-14H2,1-2H3,(H,26,30). The van der Waals surface area contributed by atoms with Crippen molar-refractivity contribution >= 4 is 33.2 Å². The van der Waals surface area contributed by atoms with Crippen molar-refractivity contribution in [1.82, 2.24) is 5.32 Å². The van der Waals surface area contributed by atoms with Gasteiger partial charge in [0, 0.05) is 16.3 Å². The minimum absolute atomic E-state index is 0.161. The number of hydrogen-bond donors (Lipinski definition) is 4. The SMILES string of the molecule is Cc1cc(S(=O)(=O)Nc2cccc(-c3ccc(C(=O)NC(CO)CO)cc3)c2)c(C)cc1Cl. The summed E-state index contributed by atoms with van der Waals surface area (Å²) in [5.74, 6) is -0.412. The van der Waals surface area contributed by atoms with Crippen molar-refractivity contribution in [3.8, 4) is 11.1 Å². The summed E-state index contributed by atoms with van der Waals surface area (Å²) in [6.07, 6.45) is 0. The number of carbonyl (C=O) groups excluding carboxylic acids is 1. The number of anilines is 1. The number of nitrogens with one attached hydrogen (secondary N) is 2. The molecular formula is C24H25ClN2O5S. The van der Waals surface area contributed by atoms with Crippen LogP contribution >= 0.6 is 11.6 Å². The number of sulfonamides is 1. The zero-order valence-electron chi connectivity index (χ0n) is 18.2. The molecule has 0 aromatic heterocycles. The maximum atomic E-state index is 13.0. The Balaban J connectivity index is 1.81. The van der Waals surface area contributed by atoms with Crippen LogP contribution in [0.4, 0.5) is 5.69 Å². The van der Waals surface area contributed by atoms with Crippen LogP contribution in [0, 0.1) is 13.8 Å². The number of amides is 1. The van der Waals surface area contributed by atoms with E-state index in [0.717, 1.165) is 11.1 Å². The lowest BCUT2D eigenvalue weighted by molar-refractivity contribution is 0.0879. The fourth-order valence-electron chi connectivity index (χ4n) is 3.25. The molecule has 0 spiro atoms. The molecule has 3 aromatic rings. The van der Waals surface area contributed by atoms with E-state index in [9.17, 15) is 13.2 Å². The van der Waals surface area contributed by atoms with Gasteiger partial charge in [-0.2, -0.15) is 0 Å². The van der Waals surface area contributed by atoms with E-state index >= 15 is 0 Å². The molecule has 3 rings (SSSR count). The highest BCUT2D eigenvalue weighted by molar-refractivity contribution is 7.92. The van der Waals surface area contributed by atoms with E-state index in [0.29, 0.717) is 27.4 Å². The largest absolute Gasteiger partial charge is 0.394 e. The zero-order chi connectivity index (χ0) is 24.2. The average Bonchev–Trinajstić information content (AvgIpc) is 2.79. The van der Waals surface area contributed by atoms with E-state index in [4.69, 9.17) is 21.8 Å². The van der Waals surface area contributed by atoms with Gasteiger partial charge in [0.15, 0.2) is 0 Å². The molecule has 3 aromatic carbocycles. The first-order chi connectivity index (χ1) is 15.6. The lowest BCUT2D eigenvalue weighted by atomic mass is 10.0. The van der Waals surface area contributed by atoms with Gasteiger partial charge in [-0.15, -0.1) is 0 Å². The fraction of sp³-hybridized carbons (Fsp3) is 0.208. The van der Waals surface area contributed by atoms with Gasteiger partial charge in [0.2, 0.25) is 0 Å². The van der Waals surface area contributed by atoms with Crippen LogP contribution in [-0.4, -0.2) is 43.8 Å². The van der Waals surface area contributed by atoms with Gasteiger partial charge in [-0.1, -0.05) is 35.9 Å². The molecule has 0 atom stereocenters. The number of benzene rings is 3. The topological polar surface area (TPSA) is 116 Å². The first-order valence-corrected chi connectivity index (χ1v) is 12.0. The van der Waals surface area contributed by atoms with Gasteiger partial charge >= 0.3 is 0 Å². The number of aliphatic hydroxyl groups is 2. The lowest BCUT2D eigenvalue weighted by Crippen LogP contribution is -2.40. The predicted octanol–water partition coefficient (Wildman–Crippen LogP) is 3.51. The van der Waals surface area contributed by atoms with Crippen LogP contribution in [0.25, 0.3) is 11.1 Å². The van der Waals surface area contributed by atoms with E-state index in [2.05, 4.69) is 10.0 Å². The summed E-state index contributed by atoms with van der Waals surface area (Å²) in [5.41, 5.74) is 3.53. The van der Waals surface area contributed by atoms with Gasteiger partial charge in [-0.3, -0.25) is 9.52 Å². The molecule has 0 radical (unpaired) electrons. The summed E-state index contributed by atoms with van der Waals surface area (Å²) in [5, 5.41) is 21.2. The number of aliphatic hydroxyl groups excluding tert-OH is 2. The molecular weight excluding hydrogens is 464 g/mol. The Labute approximate surface area is 198 Å². The molecule has 0 aliphatic heterocycles. The third kappa shape index (κ3) is 5.91.